The molecule has 0 atom stereocenters. The lowest BCUT2D eigenvalue weighted by atomic mass is 10.2. The molecule has 3 nitrogen and oxygen atoms in total. The summed E-state index contributed by atoms with van der Waals surface area (Å²) in [6.45, 7) is 5.48. The minimum absolute atomic E-state index is 0.203. The number of rotatable bonds is 2. The summed E-state index contributed by atoms with van der Waals surface area (Å²) in [6.07, 6.45) is 6.79. The van der Waals surface area contributed by atoms with Gasteiger partial charge < -0.3 is 4.98 Å². The fraction of sp³-hybridized carbons (Fsp3) is 0.143. The van der Waals surface area contributed by atoms with Crippen LogP contribution < -0.4 is 5.56 Å². The maximum atomic E-state index is 11.2. The van der Waals surface area contributed by atoms with E-state index in [0.717, 1.165) is 11.0 Å². The summed E-state index contributed by atoms with van der Waals surface area (Å²) in [5, 5.41) is 1.50. The highest BCUT2D eigenvalue weighted by atomic mass is 35.5. The number of aromatic amines is 1. The minimum Gasteiger partial charge on any atom is -0.328 e. The Morgan fingerprint density at radius 3 is 2.79 bits per heavy atom. The highest BCUT2D eigenvalue weighted by molar-refractivity contribution is 6.34. The van der Waals surface area contributed by atoms with E-state index < -0.39 is 0 Å². The Labute approximate surface area is 121 Å². The van der Waals surface area contributed by atoms with Gasteiger partial charge in [-0.25, -0.2) is 4.98 Å². The predicted octanol–water partition coefficient (Wildman–Crippen LogP) is 3.93. The summed E-state index contributed by atoms with van der Waals surface area (Å²) in [6, 6.07) is 3.53. The predicted molar refractivity (Wildman–Crippen MR) is 82.0 cm³/mol. The molecule has 0 aliphatic rings. The number of pyridine rings is 2. The van der Waals surface area contributed by atoms with Gasteiger partial charge in [-0.1, -0.05) is 35.9 Å². The van der Waals surface area contributed by atoms with Crippen LogP contribution in [-0.4, -0.2) is 15.8 Å². The third-order valence-corrected chi connectivity index (χ3v) is 2.96. The number of aromatic nitrogens is 2. The highest BCUT2D eigenvalue weighted by Gasteiger charge is 2.01. The van der Waals surface area contributed by atoms with E-state index in [1.165, 1.54) is 0 Å². The molecule has 2 aromatic rings. The van der Waals surface area contributed by atoms with Gasteiger partial charge in [0, 0.05) is 18.3 Å². The third kappa shape index (κ3) is 4.54. The molecule has 0 fully saturated rings. The molecule has 2 aromatic heterocycles. The van der Waals surface area contributed by atoms with Crippen LogP contribution in [0.4, 0.5) is 0 Å². The van der Waals surface area contributed by atoms with Crippen LogP contribution in [0.3, 0.4) is 0 Å². The van der Waals surface area contributed by atoms with E-state index in [2.05, 4.69) is 16.5 Å². The van der Waals surface area contributed by atoms with Crippen molar-refractivity contribution in [3.05, 3.63) is 64.3 Å². The number of H-pyrrole nitrogens is 1. The van der Waals surface area contributed by atoms with Crippen molar-refractivity contribution >= 4 is 34.0 Å². The quantitative estimate of drug-likeness (QED) is 0.518. The Kier molecular flexibility index (Phi) is 6.33. The van der Waals surface area contributed by atoms with Crippen LogP contribution in [0.15, 0.2) is 53.6 Å². The monoisotopic (exact) mass is 296 g/mol. The molecule has 0 aliphatic carbocycles. The number of hydrogen-bond donors (Lipinski definition) is 1. The maximum Gasteiger partial charge on any atom is 0.258 e. The van der Waals surface area contributed by atoms with E-state index in [1.807, 2.05) is 13.0 Å². The number of nitrogens with one attached hydrogen (secondary N) is 1. The number of hydrogen-bond acceptors (Lipinski definition) is 2. The Balaban J connectivity index is 0.000000224. The molecule has 0 radical (unpaired) electrons. The largest absolute Gasteiger partial charge is 0.328 e. The zero-order valence-electron chi connectivity index (χ0n) is 10.5. The van der Waals surface area contributed by atoms with Crippen molar-refractivity contribution in [3.63, 3.8) is 0 Å². The smallest absolute Gasteiger partial charge is 0.258 e. The van der Waals surface area contributed by atoms with Gasteiger partial charge in [0.05, 0.1) is 5.39 Å². The van der Waals surface area contributed by atoms with Crippen LogP contribution in [0, 0.1) is 0 Å². The second kappa shape index (κ2) is 7.77. The molecule has 0 saturated heterocycles. The number of fused-ring (bicyclic) bond motifs is 1. The molecule has 0 amide bonds. The van der Waals surface area contributed by atoms with Crippen molar-refractivity contribution in [2.75, 3.05) is 5.88 Å². The zero-order valence-corrected chi connectivity index (χ0v) is 12.0. The van der Waals surface area contributed by atoms with Crippen LogP contribution in [0.2, 0.25) is 5.15 Å². The molecule has 0 bridgehead atoms. The summed E-state index contributed by atoms with van der Waals surface area (Å²) >= 11 is 11.1. The SMILES string of the molecule is C=C/C=C(\C)CCl.O=c1[nH]ccc2ccnc(Cl)c12. The Hall–Kier alpha value is -1.58. The lowest BCUT2D eigenvalue weighted by molar-refractivity contribution is 1.26. The summed E-state index contributed by atoms with van der Waals surface area (Å²) in [5.74, 6) is 0.603. The van der Waals surface area contributed by atoms with Gasteiger partial charge in [-0.15, -0.1) is 11.6 Å². The summed E-state index contributed by atoms with van der Waals surface area (Å²) in [7, 11) is 0. The standard InChI is InChI=1S/C8H5ClN2O.C6H9Cl/c9-7-6-5(1-3-10-7)2-4-11-8(6)12;1-3-4-6(2)5-7/h1-4H,(H,11,12);3-4H,1,5H2,2H3/b;6-4+. The van der Waals surface area contributed by atoms with Crippen LogP contribution in [0.5, 0.6) is 0 Å². The molecule has 0 aromatic carbocycles. The van der Waals surface area contributed by atoms with Gasteiger partial charge in [0.2, 0.25) is 0 Å². The summed E-state index contributed by atoms with van der Waals surface area (Å²) in [4.78, 5) is 17.6. The van der Waals surface area contributed by atoms with Crippen LogP contribution in [-0.2, 0) is 0 Å². The van der Waals surface area contributed by atoms with E-state index in [4.69, 9.17) is 23.2 Å². The molecule has 0 aliphatic heterocycles. The number of halogens is 2. The molecule has 0 unspecified atom stereocenters. The first kappa shape index (κ1) is 15.5. The van der Waals surface area contributed by atoms with Gasteiger partial charge in [-0.05, 0) is 24.4 Å². The molecule has 5 heteroatoms. The van der Waals surface area contributed by atoms with Gasteiger partial charge in [-0.2, -0.15) is 0 Å². The van der Waals surface area contributed by atoms with E-state index in [-0.39, 0.29) is 10.7 Å². The van der Waals surface area contributed by atoms with E-state index in [1.54, 1.807) is 30.6 Å². The van der Waals surface area contributed by atoms with Gasteiger partial charge in [0.15, 0.2) is 0 Å². The Morgan fingerprint density at radius 2 is 2.26 bits per heavy atom. The molecular weight excluding hydrogens is 283 g/mol. The highest BCUT2D eigenvalue weighted by Crippen LogP contribution is 2.15. The zero-order chi connectivity index (χ0) is 14.3. The first-order valence-electron chi connectivity index (χ1n) is 5.56. The number of nitrogens with zero attached hydrogens (tertiary/aromatic N) is 1. The van der Waals surface area contributed by atoms with E-state index >= 15 is 0 Å². The average Bonchev–Trinajstić information content (AvgIpc) is 2.40. The Bertz CT molecular complexity index is 642. The second-order valence-electron chi connectivity index (χ2n) is 3.76. The van der Waals surface area contributed by atoms with Crippen molar-refractivity contribution in [2.45, 2.75) is 6.92 Å². The van der Waals surface area contributed by atoms with Crippen LogP contribution in [0.25, 0.3) is 10.8 Å². The summed E-state index contributed by atoms with van der Waals surface area (Å²) in [5.41, 5.74) is 0.947. The van der Waals surface area contributed by atoms with Crippen molar-refractivity contribution in [2.24, 2.45) is 0 Å². The first-order valence-corrected chi connectivity index (χ1v) is 6.47. The van der Waals surface area contributed by atoms with Gasteiger partial charge >= 0.3 is 0 Å². The van der Waals surface area contributed by atoms with Gasteiger partial charge in [-0.3, -0.25) is 4.79 Å². The van der Waals surface area contributed by atoms with Crippen LogP contribution >= 0.6 is 23.2 Å². The summed E-state index contributed by atoms with van der Waals surface area (Å²) < 4.78 is 0. The maximum absolute atomic E-state index is 11.2. The Morgan fingerprint density at radius 1 is 1.53 bits per heavy atom. The fourth-order valence-electron chi connectivity index (χ4n) is 1.34. The lowest BCUT2D eigenvalue weighted by Crippen LogP contribution is -2.05. The molecular formula is C14H14Cl2N2O. The fourth-order valence-corrected chi connectivity index (χ4v) is 1.68. The molecule has 1 N–H and O–H groups in total. The molecule has 0 spiro atoms. The van der Waals surface area contributed by atoms with Gasteiger partial charge in [0.1, 0.15) is 5.15 Å². The normalized spacial score (nSPS) is 10.8. The number of alkyl halides is 1. The number of allylic oxidation sites excluding steroid dienone is 3. The van der Waals surface area contributed by atoms with Crippen molar-refractivity contribution < 1.29 is 0 Å². The van der Waals surface area contributed by atoms with Crippen LogP contribution in [0.1, 0.15) is 6.92 Å². The second-order valence-corrected chi connectivity index (χ2v) is 4.38. The average molecular weight is 297 g/mol. The third-order valence-electron chi connectivity index (χ3n) is 2.25. The minimum atomic E-state index is -0.203. The van der Waals surface area contributed by atoms with Gasteiger partial charge in [0.25, 0.3) is 5.56 Å². The molecule has 0 saturated carbocycles. The first-order chi connectivity index (χ1) is 9.10. The topological polar surface area (TPSA) is 45.8 Å². The van der Waals surface area contributed by atoms with E-state index in [0.29, 0.717) is 11.3 Å². The molecule has 100 valence electrons. The van der Waals surface area contributed by atoms with Crippen molar-refractivity contribution in [3.8, 4) is 0 Å². The lowest BCUT2D eigenvalue weighted by Gasteiger charge is -1.95. The van der Waals surface area contributed by atoms with E-state index in [9.17, 15) is 4.79 Å². The molecule has 19 heavy (non-hydrogen) atoms. The molecule has 2 rings (SSSR count). The van der Waals surface area contributed by atoms with Crippen molar-refractivity contribution in [1.82, 2.24) is 9.97 Å². The van der Waals surface area contributed by atoms with Crippen molar-refractivity contribution in [1.29, 1.82) is 0 Å². The molecule has 2 heterocycles.